The molecular formula is C20H21ClN2O3. The molecule has 0 spiro atoms. The molecule has 2 aromatic rings. The molecule has 0 aromatic heterocycles. The van der Waals surface area contributed by atoms with E-state index < -0.39 is 6.10 Å². The highest BCUT2D eigenvalue weighted by Gasteiger charge is 2.24. The summed E-state index contributed by atoms with van der Waals surface area (Å²) in [6.45, 7) is 4.33. The number of carbonyl (C=O) groups excluding carboxylic acids is 2. The molecule has 3 rings (SSSR count). The van der Waals surface area contributed by atoms with E-state index in [0.29, 0.717) is 35.1 Å². The van der Waals surface area contributed by atoms with Crippen LogP contribution >= 0.6 is 11.6 Å². The Morgan fingerprint density at radius 3 is 2.73 bits per heavy atom. The Balaban J connectivity index is 1.65. The molecule has 1 heterocycles. The maximum Gasteiger partial charge on any atom is 0.265 e. The minimum Gasteiger partial charge on any atom is -0.481 e. The SMILES string of the molecule is Cc1cccc(OC(C)C(=O)Nc2ccc(N3CCCC3=O)c(Cl)c2)c1. The molecule has 0 aliphatic carbocycles. The van der Waals surface area contributed by atoms with Crippen LogP contribution in [0.1, 0.15) is 25.3 Å². The summed E-state index contributed by atoms with van der Waals surface area (Å²) in [4.78, 5) is 25.9. The summed E-state index contributed by atoms with van der Waals surface area (Å²) in [7, 11) is 0. The van der Waals surface area contributed by atoms with Crippen LogP contribution in [0.25, 0.3) is 0 Å². The molecule has 0 saturated carbocycles. The van der Waals surface area contributed by atoms with Crippen LogP contribution in [0.5, 0.6) is 5.75 Å². The molecule has 1 N–H and O–H groups in total. The van der Waals surface area contributed by atoms with Crippen LogP contribution in [0.2, 0.25) is 5.02 Å². The van der Waals surface area contributed by atoms with Crippen LogP contribution < -0.4 is 15.0 Å². The second-order valence-electron chi connectivity index (χ2n) is 6.38. The highest BCUT2D eigenvalue weighted by atomic mass is 35.5. The van der Waals surface area contributed by atoms with Gasteiger partial charge >= 0.3 is 0 Å². The number of anilines is 2. The summed E-state index contributed by atoms with van der Waals surface area (Å²) in [6.07, 6.45) is 0.722. The molecule has 5 nitrogen and oxygen atoms in total. The fraction of sp³-hybridized carbons (Fsp3) is 0.300. The number of rotatable bonds is 5. The highest BCUT2D eigenvalue weighted by Crippen LogP contribution is 2.31. The molecule has 1 aliphatic rings. The van der Waals surface area contributed by atoms with E-state index in [2.05, 4.69) is 5.32 Å². The highest BCUT2D eigenvalue weighted by molar-refractivity contribution is 6.34. The number of halogens is 1. The first-order valence-electron chi connectivity index (χ1n) is 8.58. The predicted molar refractivity (Wildman–Crippen MR) is 103 cm³/mol. The van der Waals surface area contributed by atoms with E-state index in [-0.39, 0.29) is 11.8 Å². The number of hydrogen-bond acceptors (Lipinski definition) is 3. The summed E-state index contributed by atoms with van der Waals surface area (Å²) in [5, 5.41) is 3.23. The van der Waals surface area contributed by atoms with E-state index in [1.54, 1.807) is 30.0 Å². The van der Waals surface area contributed by atoms with Gasteiger partial charge in [0.2, 0.25) is 5.91 Å². The summed E-state index contributed by atoms with van der Waals surface area (Å²) in [5.41, 5.74) is 2.31. The Morgan fingerprint density at radius 1 is 1.27 bits per heavy atom. The van der Waals surface area contributed by atoms with Crippen molar-refractivity contribution in [3.8, 4) is 5.75 Å². The van der Waals surface area contributed by atoms with Crippen LogP contribution in [0, 0.1) is 6.92 Å². The molecular weight excluding hydrogens is 352 g/mol. The van der Waals surface area contributed by atoms with Crippen LogP contribution in [0.3, 0.4) is 0 Å². The van der Waals surface area contributed by atoms with Gasteiger partial charge in [0.15, 0.2) is 6.10 Å². The van der Waals surface area contributed by atoms with E-state index >= 15 is 0 Å². The Hall–Kier alpha value is -2.53. The third-order valence-electron chi connectivity index (χ3n) is 4.25. The number of nitrogens with zero attached hydrogens (tertiary/aromatic N) is 1. The van der Waals surface area contributed by atoms with Gasteiger partial charge in [0.1, 0.15) is 5.75 Å². The predicted octanol–water partition coefficient (Wildman–Crippen LogP) is 4.18. The number of benzene rings is 2. The molecule has 0 bridgehead atoms. The van der Waals surface area contributed by atoms with Crippen LogP contribution in [0.4, 0.5) is 11.4 Å². The maximum atomic E-state index is 12.4. The lowest BCUT2D eigenvalue weighted by molar-refractivity contribution is -0.122. The first kappa shape index (κ1) is 18.3. The molecule has 6 heteroatoms. The summed E-state index contributed by atoms with van der Waals surface area (Å²) in [6, 6.07) is 12.7. The van der Waals surface area contributed by atoms with Crippen molar-refractivity contribution in [3.05, 3.63) is 53.1 Å². The van der Waals surface area contributed by atoms with Gasteiger partial charge in [-0.3, -0.25) is 9.59 Å². The zero-order valence-electron chi connectivity index (χ0n) is 14.8. The third kappa shape index (κ3) is 4.17. The first-order valence-corrected chi connectivity index (χ1v) is 8.96. The molecule has 2 aromatic carbocycles. The summed E-state index contributed by atoms with van der Waals surface area (Å²) < 4.78 is 5.68. The van der Waals surface area contributed by atoms with Gasteiger partial charge in [-0.25, -0.2) is 0 Å². The number of aryl methyl sites for hydroxylation is 1. The van der Waals surface area contributed by atoms with Gasteiger partial charge in [-0.2, -0.15) is 0 Å². The number of nitrogens with one attached hydrogen (secondary N) is 1. The monoisotopic (exact) mass is 372 g/mol. The minimum atomic E-state index is -0.657. The molecule has 1 unspecified atom stereocenters. The lowest BCUT2D eigenvalue weighted by Gasteiger charge is -2.19. The fourth-order valence-electron chi connectivity index (χ4n) is 2.90. The van der Waals surface area contributed by atoms with Crippen LogP contribution in [0.15, 0.2) is 42.5 Å². The summed E-state index contributed by atoms with van der Waals surface area (Å²) in [5.74, 6) is 0.449. The quantitative estimate of drug-likeness (QED) is 0.856. The zero-order chi connectivity index (χ0) is 18.7. The Labute approximate surface area is 157 Å². The van der Waals surface area contributed by atoms with Gasteiger partial charge in [0, 0.05) is 18.7 Å². The first-order chi connectivity index (χ1) is 12.4. The van der Waals surface area contributed by atoms with Gasteiger partial charge in [-0.1, -0.05) is 23.7 Å². The number of carbonyl (C=O) groups is 2. The minimum absolute atomic E-state index is 0.0730. The topological polar surface area (TPSA) is 58.6 Å². The third-order valence-corrected chi connectivity index (χ3v) is 4.55. The Morgan fingerprint density at radius 2 is 2.08 bits per heavy atom. The number of ether oxygens (including phenoxy) is 1. The van der Waals surface area contributed by atoms with E-state index in [9.17, 15) is 9.59 Å². The molecule has 136 valence electrons. The van der Waals surface area contributed by atoms with Crippen molar-refractivity contribution in [2.45, 2.75) is 32.8 Å². The van der Waals surface area contributed by atoms with Crippen molar-refractivity contribution < 1.29 is 14.3 Å². The average molecular weight is 373 g/mol. The number of hydrogen-bond donors (Lipinski definition) is 1. The number of amides is 2. The molecule has 2 amide bonds. The van der Waals surface area contributed by atoms with Crippen molar-refractivity contribution in [1.29, 1.82) is 0 Å². The van der Waals surface area contributed by atoms with Crippen LogP contribution in [-0.2, 0) is 9.59 Å². The van der Waals surface area contributed by atoms with Gasteiger partial charge in [0.05, 0.1) is 10.7 Å². The molecule has 1 aliphatic heterocycles. The van der Waals surface area contributed by atoms with Crippen molar-refractivity contribution >= 4 is 34.8 Å². The van der Waals surface area contributed by atoms with Gasteiger partial charge < -0.3 is 15.0 Å². The molecule has 1 fully saturated rings. The van der Waals surface area contributed by atoms with Gasteiger partial charge in [-0.05, 0) is 56.2 Å². The van der Waals surface area contributed by atoms with Crippen molar-refractivity contribution in [3.63, 3.8) is 0 Å². The average Bonchev–Trinajstić information content (AvgIpc) is 3.01. The van der Waals surface area contributed by atoms with E-state index in [1.165, 1.54) is 0 Å². The largest absolute Gasteiger partial charge is 0.481 e. The van der Waals surface area contributed by atoms with Crippen molar-refractivity contribution in [2.24, 2.45) is 0 Å². The van der Waals surface area contributed by atoms with E-state index in [1.807, 2.05) is 31.2 Å². The molecule has 0 radical (unpaired) electrons. The van der Waals surface area contributed by atoms with Gasteiger partial charge in [0.25, 0.3) is 5.91 Å². The van der Waals surface area contributed by atoms with E-state index in [0.717, 1.165) is 12.0 Å². The second-order valence-corrected chi connectivity index (χ2v) is 6.79. The summed E-state index contributed by atoms with van der Waals surface area (Å²) >= 11 is 6.31. The van der Waals surface area contributed by atoms with Crippen molar-refractivity contribution in [1.82, 2.24) is 0 Å². The lowest BCUT2D eigenvalue weighted by atomic mass is 10.2. The van der Waals surface area contributed by atoms with Crippen molar-refractivity contribution in [2.75, 3.05) is 16.8 Å². The fourth-order valence-corrected chi connectivity index (χ4v) is 3.18. The molecule has 1 saturated heterocycles. The normalized spacial score (nSPS) is 15.0. The smallest absolute Gasteiger partial charge is 0.265 e. The van der Waals surface area contributed by atoms with Gasteiger partial charge in [-0.15, -0.1) is 0 Å². The van der Waals surface area contributed by atoms with Crippen LogP contribution in [-0.4, -0.2) is 24.5 Å². The zero-order valence-corrected chi connectivity index (χ0v) is 15.5. The van der Waals surface area contributed by atoms with E-state index in [4.69, 9.17) is 16.3 Å². The maximum absolute atomic E-state index is 12.4. The lowest BCUT2D eigenvalue weighted by Crippen LogP contribution is -2.30. The Bertz CT molecular complexity index is 838. The molecule has 1 atom stereocenters. The molecule has 26 heavy (non-hydrogen) atoms. The standard InChI is InChI=1S/C20H21ClN2O3/c1-13-5-3-6-16(11-13)26-14(2)20(25)22-15-8-9-18(17(21)12-15)23-10-4-7-19(23)24/h3,5-6,8-9,11-12,14H,4,7,10H2,1-2H3,(H,22,25). The second kappa shape index (κ2) is 7.79. The Kier molecular flexibility index (Phi) is 5.47.